The van der Waals surface area contributed by atoms with Gasteiger partial charge in [0.05, 0.1) is 29.4 Å². The lowest BCUT2D eigenvalue weighted by Crippen LogP contribution is -2.46. The highest BCUT2D eigenvalue weighted by atomic mass is 16.6. The maximum Gasteiger partial charge on any atom is 0.345 e. The van der Waals surface area contributed by atoms with Crippen LogP contribution in [0.1, 0.15) is 39.5 Å². The van der Waals surface area contributed by atoms with Crippen LogP contribution in [0.25, 0.3) is 11.1 Å². The van der Waals surface area contributed by atoms with E-state index in [1.54, 1.807) is 31.2 Å². The second-order valence-corrected chi connectivity index (χ2v) is 10.5. The number of nitro groups is 1. The van der Waals surface area contributed by atoms with E-state index in [-0.39, 0.29) is 28.7 Å². The second kappa shape index (κ2) is 13.3. The number of aryl methyl sites for hydroxylation is 2. The van der Waals surface area contributed by atoms with E-state index in [1.807, 2.05) is 49.1 Å². The van der Waals surface area contributed by atoms with Gasteiger partial charge < -0.3 is 14.4 Å². The van der Waals surface area contributed by atoms with Crippen molar-refractivity contribution in [2.45, 2.75) is 27.3 Å². The monoisotopic (exact) mass is 592 g/mol. The fourth-order valence-electron chi connectivity index (χ4n) is 5.18. The average molecular weight is 593 g/mol. The van der Waals surface area contributed by atoms with Crippen LogP contribution in [0.4, 0.5) is 11.6 Å². The molecular weight excluding hydrogens is 560 g/mol. The lowest BCUT2D eigenvalue weighted by atomic mass is 9.99. The number of aromatic nitrogens is 2. The molecule has 2 heterocycles. The summed E-state index contributed by atoms with van der Waals surface area (Å²) in [6.45, 7) is 9.07. The largest absolute Gasteiger partial charge is 0.462 e. The SMILES string of the molecule is CCOC(=O)c1cnc(N2CCN(Cc3cccc([N+](=O)[O-])c3)CC2)nc1Oc1c(C)cc(-c2ccc(C#N)cc2)cc1C. The van der Waals surface area contributed by atoms with E-state index < -0.39 is 5.97 Å². The minimum atomic E-state index is -0.569. The van der Waals surface area contributed by atoms with Gasteiger partial charge in [0.15, 0.2) is 0 Å². The van der Waals surface area contributed by atoms with E-state index in [9.17, 15) is 14.9 Å². The number of piperazine rings is 1. The first kappa shape index (κ1) is 30.1. The summed E-state index contributed by atoms with van der Waals surface area (Å²) in [5, 5.41) is 20.3. The van der Waals surface area contributed by atoms with E-state index in [1.165, 1.54) is 12.3 Å². The third-order valence-electron chi connectivity index (χ3n) is 7.43. The van der Waals surface area contributed by atoms with Gasteiger partial charge in [0.25, 0.3) is 5.69 Å². The van der Waals surface area contributed by atoms with Gasteiger partial charge in [-0.3, -0.25) is 15.0 Å². The van der Waals surface area contributed by atoms with Crippen LogP contribution in [0.3, 0.4) is 0 Å². The van der Waals surface area contributed by atoms with Crippen LogP contribution in [-0.4, -0.2) is 58.5 Å². The van der Waals surface area contributed by atoms with E-state index in [4.69, 9.17) is 14.7 Å². The number of nitriles is 1. The summed E-state index contributed by atoms with van der Waals surface area (Å²) in [4.78, 5) is 37.0. The third-order valence-corrected chi connectivity index (χ3v) is 7.43. The molecule has 11 nitrogen and oxygen atoms in total. The predicted octanol–water partition coefficient (Wildman–Crippen LogP) is 5.83. The molecular formula is C33H32N6O5. The van der Waals surface area contributed by atoms with Crippen LogP contribution in [-0.2, 0) is 11.3 Å². The van der Waals surface area contributed by atoms with Crippen LogP contribution < -0.4 is 9.64 Å². The van der Waals surface area contributed by atoms with Gasteiger partial charge in [0, 0.05) is 44.9 Å². The maximum atomic E-state index is 12.8. The number of esters is 1. The number of carbonyl (C=O) groups excluding carboxylic acids is 1. The molecule has 0 amide bonds. The number of rotatable bonds is 9. The highest BCUT2D eigenvalue weighted by molar-refractivity contribution is 5.91. The predicted molar refractivity (Wildman–Crippen MR) is 165 cm³/mol. The molecule has 1 saturated heterocycles. The quantitative estimate of drug-likeness (QED) is 0.133. The van der Waals surface area contributed by atoms with Gasteiger partial charge in [-0.05, 0) is 72.9 Å². The van der Waals surface area contributed by atoms with Crippen LogP contribution in [0.5, 0.6) is 11.6 Å². The molecule has 11 heteroatoms. The zero-order valence-corrected chi connectivity index (χ0v) is 24.8. The number of anilines is 1. The maximum absolute atomic E-state index is 12.8. The van der Waals surface area contributed by atoms with Crippen molar-refractivity contribution in [3.8, 4) is 28.8 Å². The molecule has 3 aromatic carbocycles. The molecule has 0 aliphatic carbocycles. The smallest absolute Gasteiger partial charge is 0.345 e. The van der Waals surface area contributed by atoms with E-state index in [0.717, 1.165) is 27.8 Å². The highest BCUT2D eigenvalue weighted by Crippen LogP contribution is 2.35. The summed E-state index contributed by atoms with van der Waals surface area (Å²) in [7, 11) is 0. The van der Waals surface area contributed by atoms with E-state index in [0.29, 0.717) is 50.0 Å². The molecule has 0 N–H and O–H groups in total. The summed E-state index contributed by atoms with van der Waals surface area (Å²) in [5.74, 6) is 0.567. The summed E-state index contributed by atoms with van der Waals surface area (Å²) in [6, 6.07) is 20.2. The van der Waals surface area contributed by atoms with Crippen molar-refractivity contribution < 1.29 is 19.2 Å². The Bertz CT molecular complexity index is 1700. The normalized spacial score (nSPS) is 13.3. The van der Waals surface area contributed by atoms with Gasteiger partial charge in [-0.1, -0.05) is 24.3 Å². The Balaban J connectivity index is 1.35. The van der Waals surface area contributed by atoms with Gasteiger partial charge in [-0.2, -0.15) is 10.2 Å². The average Bonchev–Trinajstić information content (AvgIpc) is 3.03. The number of hydrogen-bond donors (Lipinski definition) is 0. The Labute approximate surface area is 255 Å². The molecule has 0 bridgehead atoms. The topological polar surface area (TPSA) is 135 Å². The van der Waals surface area contributed by atoms with Crippen LogP contribution in [0.2, 0.25) is 0 Å². The number of nitrogens with zero attached hydrogens (tertiary/aromatic N) is 6. The Kier molecular flexibility index (Phi) is 9.12. The van der Waals surface area contributed by atoms with Gasteiger partial charge in [-0.25, -0.2) is 9.78 Å². The molecule has 1 fully saturated rings. The van der Waals surface area contributed by atoms with Gasteiger partial charge in [-0.15, -0.1) is 0 Å². The first-order valence-corrected chi connectivity index (χ1v) is 14.3. The van der Waals surface area contributed by atoms with Crippen molar-refractivity contribution in [3.63, 3.8) is 0 Å². The second-order valence-electron chi connectivity index (χ2n) is 10.5. The van der Waals surface area contributed by atoms with E-state index >= 15 is 0 Å². The van der Waals surface area contributed by atoms with Crippen molar-refractivity contribution >= 4 is 17.6 Å². The minimum absolute atomic E-state index is 0.0816. The van der Waals surface area contributed by atoms with Crippen molar-refractivity contribution in [1.29, 1.82) is 5.26 Å². The first-order valence-electron chi connectivity index (χ1n) is 14.3. The first-order chi connectivity index (χ1) is 21.2. The standard InChI is InChI=1S/C33H32N6O5/c1-4-43-32(40)29-20-35-33(38-14-12-37(13-15-38)21-25-6-5-7-28(18-25)39(41)42)36-31(29)44-30-22(2)16-27(17-23(30)3)26-10-8-24(19-34)9-11-26/h5-11,16-18,20H,4,12-15,21H2,1-3H3. The zero-order valence-electron chi connectivity index (χ0n) is 24.8. The third kappa shape index (κ3) is 6.82. The summed E-state index contributed by atoms with van der Waals surface area (Å²) >= 11 is 0. The number of carbonyl (C=O) groups is 1. The number of non-ortho nitro benzene ring substituents is 1. The molecule has 0 radical (unpaired) electrons. The highest BCUT2D eigenvalue weighted by Gasteiger charge is 2.24. The van der Waals surface area contributed by atoms with Crippen molar-refractivity contribution in [2.75, 3.05) is 37.7 Å². The van der Waals surface area contributed by atoms with E-state index in [2.05, 4.69) is 20.9 Å². The fourth-order valence-corrected chi connectivity index (χ4v) is 5.18. The zero-order chi connectivity index (χ0) is 31.2. The number of benzene rings is 3. The fraction of sp³-hybridized carbons (Fsp3) is 0.273. The van der Waals surface area contributed by atoms with Gasteiger partial charge >= 0.3 is 5.97 Å². The van der Waals surface area contributed by atoms with Gasteiger partial charge in [0.2, 0.25) is 11.8 Å². The summed E-state index contributed by atoms with van der Waals surface area (Å²) in [5.41, 5.74) is 5.36. The molecule has 44 heavy (non-hydrogen) atoms. The van der Waals surface area contributed by atoms with Crippen molar-refractivity contribution in [2.24, 2.45) is 0 Å². The molecule has 1 aliphatic heterocycles. The Morgan fingerprint density at radius 2 is 1.73 bits per heavy atom. The summed E-state index contributed by atoms with van der Waals surface area (Å²) in [6.07, 6.45) is 1.45. The molecule has 1 aliphatic rings. The Morgan fingerprint density at radius 3 is 2.36 bits per heavy atom. The Hall–Kier alpha value is -5.34. The van der Waals surface area contributed by atoms with Gasteiger partial charge in [0.1, 0.15) is 11.3 Å². The van der Waals surface area contributed by atoms with Crippen LogP contribution in [0.15, 0.2) is 66.9 Å². The lowest BCUT2D eigenvalue weighted by Gasteiger charge is -2.34. The molecule has 5 rings (SSSR count). The number of hydrogen-bond acceptors (Lipinski definition) is 10. The molecule has 0 saturated carbocycles. The molecule has 0 unspecified atom stereocenters. The molecule has 0 atom stereocenters. The van der Waals surface area contributed by atoms with Crippen LogP contribution >= 0.6 is 0 Å². The van der Waals surface area contributed by atoms with Crippen molar-refractivity contribution in [3.05, 3.63) is 105 Å². The number of ether oxygens (including phenoxy) is 2. The lowest BCUT2D eigenvalue weighted by molar-refractivity contribution is -0.384. The summed E-state index contributed by atoms with van der Waals surface area (Å²) < 4.78 is 11.6. The number of nitro benzene ring substituents is 1. The van der Waals surface area contributed by atoms with Crippen LogP contribution in [0, 0.1) is 35.3 Å². The van der Waals surface area contributed by atoms with Crippen molar-refractivity contribution in [1.82, 2.24) is 14.9 Å². The molecule has 224 valence electrons. The molecule has 0 spiro atoms. The minimum Gasteiger partial charge on any atom is -0.462 e. The Morgan fingerprint density at radius 1 is 1.02 bits per heavy atom. The molecule has 1 aromatic heterocycles. The molecule has 4 aromatic rings.